The van der Waals surface area contributed by atoms with Gasteiger partial charge in [0.2, 0.25) is 0 Å². The van der Waals surface area contributed by atoms with Gasteiger partial charge in [-0.15, -0.1) is 0 Å². The van der Waals surface area contributed by atoms with E-state index in [2.05, 4.69) is 5.32 Å². The Morgan fingerprint density at radius 3 is 1.89 bits per heavy atom. The van der Waals surface area contributed by atoms with Crippen LogP contribution >= 0.6 is 0 Å². The lowest BCUT2D eigenvalue weighted by molar-refractivity contribution is 0.175. The van der Waals surface area contributed by atoms with Crippen molar-refractivity contribution in [1.29, 1.82) is 0 Å². The lowest BCUT2D eigenvalue weighted by Crippen LogP contribution is -2.20. The minimum atomic E-state index is -0.555. The lowest BCUT2D eigenvalue weighted by Gasteiger charge is -2.10. The molecule has 0 unspecified atom stereocenters. The molecule has 0 aromatic heterocycles. The maximum atomic E-state index is 12.5. The van der Waals surface area contributed by atoms with Crippen molar-refractivity contribution in [1.82, 2.24) is 5.32 Å². The van der Waals surface area contributed by atoms with Crippen molar-refractivity contribution >= 4 is 0 Å². The first-order valence-electron chi connectivity index (χ1n) is 6.38. The van der Waals surface area contributed by atoms with E-state index in [1.54, 1.807) is 12.1 Å². The van der Waals surface area contributed by atoms with E-state index in [0.717, 1.165) is 12.1 Å². The first-order valence-corrected chi connectivity index (χ1v) is 6.38. The van der Waals surface area contributed by atoms with E-state index in [4.69, 9.17) is 0 Å². The topological polar surface area (TPSA) is 32.3 Å². The summed E-state index contributed by atoms with van der Waals surface area (Å²) in [6.07, 6.45) is -0.555. The smallest absolute Gasteiger partial charge is 0.123 e. The predicted octanol–water partition coefficient (Wildman–Crippen LogP) is 3.16. The van der Waals surface area contributed by atoms with Crippen LogP contribution in [0.15, 0.2) is 60.7 Å². The predicted molar refractivity (Wildman–Crippen MR) is 76.3 cm³/mol. The summed E-state index contributed by atoms with van der Waals surface area (Å²) in [5, 5.41) is 12.6. The fourth-order valence-electron chi connectivity index (χ4n) is 1.47. The third kappa shape index (κ3) is 6.70. The molecule has 3 heteroatoms. The zero-order chi connectivity index (χ0) is 13.9. The molecule has 2 aromatic rings. The van der Waals surface area contributed by atoms with Crippen molar-refractivity contribution in [2.24, 2.45) is 0 Å². The van der Waals surface area contributed by atoms with Crippen molar-refractivity contribution in [3.8, 4) is 0 Å². The zero-order valence-corrected chi connectivity index (χ0v) is 11.1. The molecule has 1 atom stereocenters. The van der Waals surface area contributed by atoms with Gasteiger partial charge in [0.15, 0.2) is 0 Å². The van der Waals surface area contributed by atoms with Crippen molar-refractivity contribution < 1.29 is 9.50 Å². The molecule has 0 spiro atoms. The molecule has 2 rings (SSSR count). The first kappa shape index (κ1) is 15.3. The summed E-state index contributed by atoms with van der Waals surface area (Å²) >= 11 is 0. The maximum absolute atomic E-state index is 12.5. The van der Waals surface area contributed by atoms with Gasteiger partial charge in [-0.2, -0.15) is 0 Å². The Labute approximate surface area is 113 Å². The Hall–Kier alpha value is -1.71. The Bertz CT molecular complexity index is 404. The van der Waals surface area contributed by atoms with Crippen LogP contribution in [0.25, 0.3) is 0 Å². The van der Waals surface area contributed by atoms with Crippen molar-refractivity contribution in [2.45, 2.75) is 13.0 Å². The Balaban J connectivity index is 0.000000250. The molecule has 19 heavy (non-hydrogen) atoms. The fraction of sp³-hybridized carbons (Fsp3) is 0.250. The summed E-state index contributed by atoms with van der Waals surface area (Å²) in [7, 11) is 0. The standard InChI is InChI=1S/C10H14FNO.C6H6/c1-2-12-7-10(13)8-3-5-9(11)6-4-8;1-2-4-6-5-3-1/h3-6,10,12-13H,2,7H2,1H3;1-6H/t10-;/m0./s1. The second kappa shape index (κ2) is 9.25. The first-order chi connectivity index (χ1) is 9.24. The molecule has 0 amide bonds. The average Bonchev–Trinajstić information content (AvgIpc) is 2.48. The summed E-state index contributed by atoms with van der Waals surface area (Å²) in [4.78, 5) is 0. The highest BCUT2D eigenvalue weighted by molar-refractivity contribution is 5.18. The van der Waals surface area contributed by atoms with Gasteiger partial charge in [0.1, 0.15) is 5.82 Å². The number of hydrogen-bond donors (Lipinski definition) is 2. The zero-order valence-electron chi connectivity index (χ0n) is 11.1. The van der Waals surface area contributed by atoms with E-state index in [9.17, 15) is 9.50 Å². The maximum Gasteiger partial charge on any atom is 0.123 e. The molecule has 0 fully saturated rings. The number of halogens is 1. The second-order valence-corrected chi connectivity index (χ2v) is 4.03. The molecule has 0 bridgehead atoms. The highest BCUT2D eigenvalue weighted by Crippen LogP contribution is 2.11. The molecule has 0 saturated heterocycles. The average molecular weight is 261 g/mol. The van der Waals surface area contributed by atoms with Crippen LogP contribution in [0, 0.1) is 5.82 Å². The molecule has 0 saturated carbocycles. The third-order valence-corrected chi connectivity index (χ3v) is 2.51. The van der Waals surface area contributed by atoms with Gasteiger partial charge in [0, 0.05) is 6.54 Å². The highest BCUT2D eigenvalue weighted by atomic mass is 19.1. The van der Waals surface area contributed by atoms with Gasteiger partial charge in [-0.05, 0) is 24.2 Å². The molecular formula is C16H20FNO. The molecule has 0 aliphatic carbocycles. The van der Waals surface area contributed by atoms with Crippen LogP contribution in [0.3, 0.4) is 0 Å². The number of rotatable bonds is 4. The number of aliphatic hydroxyl groups is 1. The third-order valence-electron chi connectivity index (χ3n) is 2.51. The second-order valence-electron chi connectivity index (χ2n) is 4.03. The number of benzene rings is 2. The van der Waals surface area contributed by atoms with Crippen LogP contribution in [-0.2, 0) is 0 Å². The van der Waals surface area contributed by atoms with Crippen molar-refractivity contribution in [3.63, 3.8) is 0 Å². The van der Waals surface area contributed by atoms with Crippen LogP contribution < -0.4 is 5.32 Å². The van der Waals surface area contributed by atoms with E-state index in [-0.39, 0.29) is 5.82 Å². The largest absolute Gasteiger partial charge is 0.387 e. The fourth-order valence-corrected chi connectivity index (χ4v) is 1.47. The molecule has 2 aromatic carbocycles. The number of aliphatic hydroxyl groups excluding tert-OH is 1. The molecule has 2 nitrogen and oxygen atoms in total. The molecule has 2 N–H and O–H groups in total. The molecular weight excluding hydrogens is 241 g/mol. The summed E-state index contributed by atoms with van der Waals surface area (Å²) in [5.41, 5.74) is 0.738. The lowest BCUT2D eigenvalue weighted by atomic mass is 10.1. The van der Waals surface area contributed by atoms with Gasteiger partial charge in [-0.1, -0.05) is 55.5 Å². The number of nitrogens with one attached hydrogen (secondary N) is 1. The van der Waals surface area contributed by atoms with Crippen molar-refractivity contribution in [2.75, 3.05) is 13.1 Å². The van der Waals surface area contributed by atoms with Crippen LogP contribution in [0.1, 0.15) is 18.6 Å². The van der Waals surface area contributed by atoms with Gasteiger partial charge in [0.05, 0.1) is 6.10 Å². The molecule has 0 heterocycles. The Morgan fingerprint density at radius 2 is 1.47 bits per heavy atom. The minimum Gasteiger partial charge on any atom is -0.387 e. The number of likely N-dealkylation sites (N-methyl/N-ethyl adjacent to an activating group) is 1. The molecule has 102 valence electrons. The van der Waals surface area contributed by atoms with Crippen LogP contribution in [0.5, 0.6) is 0 Å². The monoisotopic (exact) mass is 261 g/mol. The Kier molecular flexibility index (Phi) is 7.47. The van der Waals surface area contributed by atoms with E-state index in [0.29, 0.717) is 6.54 Å². The Morgan fingerprint density at radius 1 is 1.00 bits per heavy atom. The van der Waals surface area contributed by atoms with E-state index >= 15 is 0 Å². The quantitative estimate of drug-likeness (QED) is 0.886. The summed E-state index contributed by atoms with van der Waals surface area (Å²) in [5.74, 6) is -0.278. The number of hydrogen-bond acceptors (Lipinski definition) is 2. The molecule has 0 aliphatic rings. The summed E-state index contributed by atoms with van der Waals surface area (Å²) < 4.78 is 12.5. The molecule has 0 aliphatic heterocycles. The summed E-state index contributed by atoms with van der Waals surface area (Å²) in [6, 6.07) is 17.9. The van der Waals surface area contributed by atoms with Gasteiger partial charge >= 0.3 is 0 Å². The van der Waals surface area contributed by atoms with Crippen LogP contribution in [0.2, 0.25) is 0 Å². The van der Waals surface area contributed by atoms with Crippen LogP contribution in [0.4, 0.5) is 4.39 Å². The molecule has 0 radical (unpaired) electrons. The van der Waals surface area contributed by atoms with E-state index in [1.807, 2.05) is 43.3 Å². The van der Waals surface area contributed by atoms with Gasteiger partial charge in [-0.25, -0.2) is 4.39 Å². The normalized spacial score (nSPS) is 11.3. The van der Waals surface area contributed by atoms with Crippen molar-refractivity contribution in [3.05, 3.63) is 72.0 Å². The van der Waals surface area contributed by atoms with Gasteiger partial charge in [-0.3, -0.25) is 0 Å². The highest BCUT2D eigenvalue weighted by Gasteiger charge is 2.05. The van der Waals surface area contributed by atoms with Gasteiger partial charge in [0.25, 0.3) is 0 Å². The SMILES string of the molecule is CCNC[C@H](O)c1ccc(F)cc1.c1ccccc1. The van der Waals surface area contributed by atoms with E-state index < -0.39 is 6.10 Å². The van der Waals surface area contributed by atoms with E-state index in [1.165, 1.54) is 12.1 Å². The summed E-state index contributed by atoms with van der Waals surface area (Å²) in [6.45, 7) is 3.29. The van der Waals surface area contributed by atoms with Crippen LogP contribution in [-0.4, -0.2) is 18.2 Å². The van der Waals surface area contributed by atoms with Gasteiger partial charge < -0.3 is 10.4 Å². The minimum absolute atomic E-state index is 0.278.